The van der Waals surface area contributed by atoms with Gasteiger partial charge in [0.25, 0.3) is 0 Å². The van der Waals surface area contributed by atoms with E-state index < -0.39 is 0 Å². The highest BCUT2D eigenvalue weighted by atomic mass is 79.9. The maximum Gasteiger partial charge on any atom is 0.242 e. The highest BCUT2D eigenvalue weighted by molar-refractivity contribution is 9.10. The van der Waals surface area contributed by atoms with Gasteiger partial charge < -0.3 is 10.6 Å². The van der Waals surface area contributed by atoms with Gasteiger partial charge in [0.15, 0.2) is 0 Å². The molecule has 114 valence electrons. The van der Waals surface area contributed by atoms with Gasteiger partial charge in [-0.25, -0.2) is 4.98 Å². The molecule has 21 heavy (non-hydrogen) atoms. The fourth-order valence-electron chi connectivity index (χ4n) is 3.31. The Bertz CT molecular complexity index is 487. The molecule has 0 aliphatic carbocycles. The van der Waals surface area contributed by atoms with Crippen molar-refractivity contribution in [3.05, 3.63) is 22.8 Å². The minimum atomic E-state index is -0.00135. The first-order chi connectivity index (χ1) is 10.2. The molecule has 0 spiro atoms. The molecule has 0 bridgehead atoms. The summed E-state index contributed by atoms with van der Waals surface area (Å²) in [4.78, 5) is 19.2. The highest BCUT2D eigenvalue weighted by Crippen LogP contribution is 2.25. The number of carbonyl (C=O) groups excluding carboxylic acids is 1. The summed E-state index contributed by atoms with van der Waals surface area (Å²) in [7, 11) is 0. The topological polar surface area (TPSA) is 57.3 Å². The molecular formula is C15H21BrN4O. The number of amides is 1. The van der Waals surface area contributed by atoms with Crippen LogP contribution in [0.15, 0.2) is 22.8 Å². The standard InChI is InChI=1S/C15H21BrN4O/c16-11-3-4-14(18-10-11)19-15(21)13-2-1-9-20(13)12-5-7-17-8-6-12/h3-4,10,12-13,17H,1-2,5-9H2,(H,18,19,21). The van der Waals surface area contributed by atoms with Crippen LogP contribution in [-0.4, -0.2) is 47.5 Å². The van der Waals surface area contributed by atoms with Gasteiger partial charge in [-0.2, -0.15) is 0 Å². The normalized spacial score (nSPS) is 24.1. The molecule has 2 aliphatic heterocycles. The molecule has 1 amide bonds. The lowest BCUT2D eigenvalue weighted by molar-refractivity contribution is -0.121. The van der Waals surface area contributed by atoms with Gasteiger partial charge in [-0.1, -0.05) is 0 Å². The van der Waals surface area contributed by atoms with E-state index >= 15 is 0 Å². The number of likely N-dealkylation sites (tertiary alicyclic amines) is 1. The largest absolute Gasteiger partial charge is 0.317 e. The van der Waals surface area contributed by atoms with Crippen LogP contribution in [0.4, 0.5) is 5.82 Å². The molecule has 2 N–H and O–H groups in total. The van der Waals surface area contributed by atoms with E-state index in [1.165, 1.54) is 0 Å². The maximum atomic E-state index is 12.5. The molecule has 2 fully saturated rings. The van der Waals surface area contributed by atoms with Gasteiger partial charge in [-0.05, 0) is 73.4 Å². The van der Waals surface area contributed by atoms with Gasteiger partial charge in [0.1, 0.15) is 5.82 Å². The number of rotatable bonds is 3. The van der Waals surface area contributed by atoms with E-state index in [0.717, 1.165) is 49.8 Å². The molecule has 0 saturated carbocycles. The molecule has 3 rings (SSSR count). The number of hydrogen-bond donors (Lipinski definition) is 2. The van der Waals surface area contributed by atoms with Crippen LogP contribution in [0.5, 0.6) is 0 Å². The molecule has 0 radical (unpaired) electrons. The number of hydrogen-bond acceptors (Lipinski definition) is 4. The Labute approximate surface area is 133 Å². The van der Waals surface area contributed by atoms with Crippen LogP contribution in [0.25, 0.3) is 0 Å². The van der Waals surface area contributed by atoms with E-state index in [-0.39, 0.29) is 11.9 Å². The van der Waals surface area contributed by atoms with Crippen molar-refractivity contribution in [1.82, 2.24) is 15.2 Å². The molecular weight excluding hydrogens is 332 g/mol. The van der Waals surface area contributed by atoms with Gasteiger partial charge >= 0.3 is 0 Å². The summed E-state index contributed by atoms with van der Waals surface area (Å²) in [5.74, 6) is 0.709. The zero-order chi connectivity index (χ0) is 14.7. The lowest BCUT2D eigenvalue weighted by Crippen LogP contribution is -2.49. The van der Waals surface area contributed by atoms with Crippen molar-refractivity contribution in [2.24, 2.45) is 0 Å². The van der Waals surface area contributed by atoms with Crippen molar-refractivity contribution in [3.63, 3.8) is 0 Å². The third kappa shape index (κ3) is 3.62. The number of aromatic nitrogens is 1. The SMILES string of the molecule is O=C(Nc1ccc(Br)cn1)C1CCCN1C1CCNCC1. The Kier molecular flexibility index (Phi) is 4.87. The smallest absolute Gasteiger partial charge is 0.242 e. The number of piperidine rings is 1. The van der Waals surface area contributed by atoms with Crippen LogP contribution >= 0.6 is 15.9 Å². The second kappa shape index (κ2) is 6.85. The van der Waals surface area contributed by atoms with Crippen LogP contribution in [0.2, 0.25) is 0 Å². The van der Waals surface area contributed by atoms with Crippen molar-refractivity contribution >= 4 is 27.7 Å². The van der Waals surface area contributed by atoms with E-state index in [4.69, 9.17) is 0 Å². The van der Waals surface area contributed by atoms with E-state index in [1.54, 1.807) is 6.20 Å². The summed E-state index contributed by atoms with van der Waals surface area (Å²) in [6.45, 7) is 3.16. The zero-order valence-corrected chi connectivity index (χ0v) is 13.6. The van der Waals surface area contributed by atoms with Gasteiger partial charge in [0.2, 0.25) is 5.91 Å². The molecule has 1 unspecified atom stereocenters. The number of anilines is 1. The van der Waals surface area contributed by atoms with Crippen molar-refractivity contribution < 1.29 is 4.79 Å². The summed E-state index contributed by atoms with van der Waals surface area (Å²) in [6.07, 6.45) is 6.04. The first kappa shape index (κ1) is 14.9. The molecule has 0 aromatic carbocycles. The Balaban J connectivity index is 1.63. The average molecular weight is 353 g/mol. The van der Waals surface area contributed by atoms with Crippen molar-refractivity contribution in [2.75, 3.05) is 25.0 Å². The van der Waals surface area contributed by atoms with Gasteiger partial charge in [0.05, 0.1) is 6.04 Å². The Morgan fingerprint density at radius 2 is 2.14 bits per heavy atom. The fourth-order valence-corrected chi connectivity index (χ4v) is 3.54. The maximum absolute atomic E-state index is 12.5. The minimum Gasteiger partial charge on any atom is -0.317 e. The lowest BCUT2D eigenvalue weighted by Gasteiger charge is -2.35. The number of pyridine rings is 1. The monoisotopic (exact) mass is 352 g/mol. The molecule has 3 heterocycles. The number of nitrogens with zero attached hydrogens (tertiary/aromatic N) is 2. The quantitative estimate of drug-likeness (QED) is 0.873. The lowest BCUT2D eigenvalue weighted by atomic mass is 10.0. The van der Waals surface area contributed by atoms with Crippen LogP contribution < -0.4 is 10.6 Å². The van der Waals surface area contributed by atoms with E-state index in [0.29, 0.717) is 11.9 Å². The third-order valence-corrected chi connectivity index (χ3v) is 4.82. The van der Waals surface area contributed by atoms with Crippen LogP contribution in [0, 0.1) is 0 Å². The molecule has 5 nitrogen and oxygen atoms in total. The number of halogens is 1. The van der Waals surface area contributed by atoms with Crippen molar-refractivity contribution in [2.45, 2.75) is 37.8 Å². The molecule has 1 atom stereocenters. The molecule has 6 heteroatoms. The first-order valence-electron chi connectivity index (χ1n) is 7.63. The average Bonchev–Trinajstić information content (AvgIpc) is 3.00. The van der Waals surface area contributed by atoms with E-state index in [9.17, 15) is 4.79 Å². The first-order valence-corrected chi connectivity index (χ1v) is 8.42. The molecule has 2 saturated heterocycles. The Hall–Kier alpha value is -0.980. The van der Waals surface area contributed by atoms with Crippen molar-refractivity contribution in [1.29, 1.82) is 0 Å². The summed E-state index contributed by atoms with van der Waals surface area (Å²) in [5.41, 5.74) is 0. The second-order valence-electron chi connectivity index (χ2n) is 5.73. The highest BCUT2D eigenvalue weighted by Gasteiger charge is 2.35. The predicted octanol–water partition coefficient (Wildman–Crippen LogP) is 2.00. The van der Waals surface area contributed by atoms with Crippen LogP contribution in [-0.2, 0) is 4.79 Å². The number of nitrogens with one attached hydrogen (secondary N) is 2. The van der Waals surface area contributed by atoms with Crippen LogP contribution in [0.1, 0.15) is 25.7 Å². The molecule has 1 aromatic rings. The van der Waals surface area contributed by atoms with E-state index in [2.05, 4.69) is 36.4 Å². The number of carbonyl (C=O) groups is 1. The van der Waals surface area contributed by atoms with Crippen LogP contribution in [0.3, 0.4) is 0 Å². The van der Waals surface area contributed by atoms with Crippen molar-refractivity contribution in [3.8, 4) is 0 Å². The second-order valence-corrected chi connectivity index (χ2v) is 6.64. The fraction of sp³-hybridized carbons (Fsp3) is 0.600. The minimum absolute atomic E-state index is 0.00135. The summed E-state index contributed by atoms with van der Waals surface area (Å²) < 4.78 is 0.915. The zero-order valence-electron chi connectivity index (χ0n) is 12.0. The van der Waals surface area contributed by atoms with Gasteiger partial charge in [0, 0.05) is 16.7 Å². The summed E-state index contributed by atoms with van der Waals surface area (Å²) in [5, 5.41) is 6.34. The molecule has 2 aliphatic rings. The Morgan fingerprint density at radius 1 is 1.33 bits per heavy atom. The van der Waals surface area contributed by atoms with Gasteiger partial charge in [-0.15, -0.1) is 0 Å². The molecule has 1 aromatic heterocycles. The summed E-state index contributed by atoms with van der Waals surface area (Å²) in [6, 6.07) is 4.26. The van der Waals surface area contributed by atoms with Gasteiger partial charge in [-0.3, -0.25) is 9.69 Å². The Morgan fingerprint density at radius 3 is 2.86 bits per heavy atom. The predicted molar refractivity (Wildman–Crippen MR) is 86.2 cm³/mol. The third-order valence-electron chi connectivity index (χ3n) is 4.35. The van der Waals surface area contributed by atoms with E-state index in [1.807, 2.05) is 12.1 Å². The summed E-state index contributed by atoms with van der Waals surface area (Å²) >= 11 is 3.35.